The van der Waals surface area contributed by atoms with Crippen molar-refractivity contribution in [3.63, 3.8) is 0 Å². The lowest BCUT2D eigenvalue weighted by Crippen LogP contribution is -2.41. The molecule has 0 spiro atoms. The highest BCUT2D eigenvalue weighted by atomic mass is 35.5. The van der Waals surface area contributed by atoms with Gasteiger partial charge in [-0.1, -0.05) is 17.7 Å². The zero-order valence-corrected chi connectivity index (χ0v) is 12.4. The van der Waals surface area contributed by atoms with Gasteiger partial charge in [-0.2, -0.15) is 0 Å². The average molecular weight is 297 g/mol. The number of piperidine rings is 1. The van der Waals surface area contributed by atoms with Crippen molar-refractivity contribution in [2.75, 3.05) is 25.0 Å². The summed E-state index contributed by atoms with van der Waals surface area (Å²) in [6, 6.07) is 7.15. The fraction of sp³-hybridized carbons (Fsp3) is 0.533. The third-order valence-electron chi connectivity index (χ3n) is 3.79. The maximum Gasteiger partial charge on any atom is 0.238 e. The number of hydrogen-bond donors (Lipinski definition) is 2. The number of rotatable bonds is 4. The van der Waals surface area contributed by atoms with Crippen LogP contribution in [0, 0.1) is 5.92 Å². The van der Waals surface area contributed by atoms with Crippen LogP contribution in [0.25, 0.3) is 0 Å². The largest absolute Gasteiger partial charge is 0.393 e. The monoisotopic (exact) mass is 296 g/mol. The van der Waals surface area contributed by atoms with Crippen LogP contribution in [0.5, 0.6) is 0 Å². The summed E-state index contributed by atoms with van der Waals surface area (Å²) in [4.78, 5) is 14.1. The minimum atomic E-state index is -0.252. The Morgan fingerprint density at radius 1 is 1.50 bits per heavy atom. The fourth-order valence-corrected chi connectivity index (χ4v) is 2.75. The van der Waals surface area contributed by atoms with Gasteiger partial charge in [-0.15, -0.1) is 0 Å². The van der Waals surface area contributed by atoms with Crippen LogP contribution in [0.4, 0.5) is 5.69 Å². The molecule has 0 bridgehead atoms. The van der Waals surface area contributed by atoms with Crippen LogP contribution in [0.1, 0.15) is 19.8 Å². The van der Waals surface area contributed by atoms with E-state index in [1.165, 1.54) is 0 Å². The number of carbonyl (C=O) groups excluding carboxylic acids is 1. The first kappa shape index (κ1) is 15.3. The molecule has 2 N–H and O–H groups in total. The Balaban J connectivity index is 1.78. The Kier molecular flexibility index (Phi) is 5.40. The Morgan fingerprint density at radius 2 is 2.20 bits per heavy atom. The van der Waals surface area contributed by atoms with E-state index in [0.717, 1.165) is 31.6 Å². The van der Waals surface area contributed by atoms with Crippen LogP contribution in [0.3, 0.4) is 0 Å². The Bertz CT molecular complexity index is 457. The lowest BCUT2D eigenvalue weighted by Gasteiger charge is -2.32. The minimum absolute atomic E-state index is 0.0252. The fourth-order valence-electron chi connectivity index (χ4n) is 2.56. The van der Waals surface area contributed by atoms with Crippen LogP contribution in [-0.4, -0.2) is 41.7 Å². The molecule has 1 aliphatic rings. The first-order valence-corrected chi connectivity index (χ1v) is 7.38. The minimum Gasteiger partial charge on any atom is -0.393 e. The van der Waals surface area contributed by atoms with E-state index in [1.54, 1.807) is 12.1 Å². The Hall–Kier alpha value is -1.10. The van der Waals surface area contributed by atoms with Gasteiger partial charge < -0.3 is 10.4 Å². The van der Waals surface area contributed by atoms with Crippen LogP contribution in [0.15, 0.2) is 24.3 Å². The van der Waals surface area contributed by atoms with Gasteiger partial charge in [0.15, 0.2) is 0 Å². The number of amides is 1. The van der Waals surface area contributed by atoms with Crippen LogP contribution >= 0.6 is 11.6 Å². The van der Waals surface area contributed by atoms with Crippen molar-refractivity contribution in [3.8, 4) is 0 Å². The van der Waals surface area contributed by atoms with Gasteiger partial charge in [-0.3, -0.25) is 9.69 Å². The van der Waals surface area contributed by atoms with E-state index < -0.39 is 0 Å². The van der Waals surface area contributed by atoms with Gasteiger partial charge >= 0.3 is 0 Å². The molecule has 110 valence electrons. The second kappa shape index (κ2) is 7.07. The Labute approximate surface area is 124 Å². The number of carbonyl (C=O) groups is 1. The van der Waals surface area contributed by atoms with E-state index >= 15 is 0 Å². The predicted octanol–water partition coefficient (Wildman–Crippen LogP) is 2.37. The van der Waals surface area contributed by atoms with E-state index in [1.807, 2.05) is 19.1 Å². The predicted molar refractivity (Wildman–Crippen MR) is 80.9 cm³/mol. The molecule has 1 amide bonds. The normalized spacial score (nSPS) is 18.8. The van der Waals surface area contributed by atoms with Gasteiger partial charge in [0.25, 0.3) is 0 Å². The molecule has 5 heteroatoms. The van der Waals surface area contributed by atoms with Crippen LogP contribution < -0.4 is 5.32 Å². The summed E-state index contributed by atoms with van der Waals surface area (Å²) in [6.07, 6.45) is 1.64. The highest BCUT2D eigenvalue weighted by Crippen LogP contribution is 2.20. The smallest absolute Gasteiger partial charge is 0.238 e. The number of nitrogens with zero attached hydrogens (tertiary/aromatic N) is 1. The first-order valence-electron chi connectivity index (χ1n) is 7.00. The summed E-state index contributed by atoms with van der Waals surface area (Å²) in [5.74, 6) is 0.338. The number of aliphatic hydroxyl groups is 1. The van der Waals surface area contributed by atoms with Crippen molar-refractivity contribution in [2.45, 2.75) is 25.9 Å². The van der Waals surface area contributed by atoms with E-state index in [9.17, 15) is 9.90 Å². The molecular formula is C15H21ClN2O2. The maximum atomic E-state index is 12.0. The molecule has 0 saturated carbocycles. The van der Waals surface area contributed by atoms with Crippen molar-refractivity contribution in [2.24, 2.45) is 5.92 Å². The molecule has 1 atom stereocenters. The number of aliphatic hydroxyl groups excluding tert-OH is 1. The number of benzene rings is 1. The first-order chi connectivity index (χ1) is 9.54. The van der Waals surface area contributed by atoms with Gasteiger partial charge in [-0.05, 0) is 57.0 Å². The SMILES string of the molecule is CC(O)C1CCN(CC(=O)Nc2cccc(Cl)c2)CC1. The van der Waals surface area contributed by atoms with Gasteiger partial charge in [0.1, 0.15) is 0 Å². The molecule has 0 radical (unpaired) electrons. The molecule has 4 nitrogen and oxygen atoms in total. The molecule has 1 unspecified atom stereocenters. The topological polar surface area (TPSA) is 52.6 Å². The number of halogens is 1. The maximum absolute atomic E-state index is 12.0. The molecular weight excluding hydrogens is 276 g/mol. The zero-order valence-electron chi connectivity index (χ0n) is 11.7. The van der Waals surface area contributed by atoms with Gasteiger partial charge in [0, 0.05) is 10.7 Å². The molecule has 1 saturated heterocycles. The summed E-state index contributed by atoms with van der Waals surface area (Å²) < 4.78 is 0. The summed E-state index contributed by atoms with van der Waals surface area (Å²) in [5.41, 5.74) is 0.723. The highest BCUT2D eigenvalue weighted by Gasteiger charge is 2.23. The summed E-state index contributed by atoms with van der Waals surface area (Å²) in [7, 11) is 0. The lowest BCUT2D eigenvalue weighted by molar-refractivity contribution is -0.117. The van der Waals surface area contributed by atoms with Crippen molar-refractivity contribution < 1.29 is 9.90 Å². The van der Waals surface area contributed by atoms with Crippen molar-refractivity contribution in [1.29, 1.82) is 0 Å². The van der Waals surface area contributed by atoms with E-state index in [-0.39, 0.29) is 12.0 Å². The van der Waals surface area contributed by atoms with Crippen molar-refractivity contribution in [3.05, 3.63) is 29.3 Å². The van der Waals surface area contributed by atoms with Crippen LogP contribution in [0.2, 0.25) is 5.02 Å². The molecule has 1 aromatic carbocycles. The summed E-state index contributed by atoms with van der Waals surface area (Å²) >= 11 is 5.88. The molecule has 1 fully saturated rings. The highest BCUT2D eigenvalue weighted by molar-refractivity contribution is 6.30. The molecule has 0 aromatic heterocycles. The molecule has 0 aliphatic carbocycles. The van der Waals surface area contributed by atoms with E-state index in [0.29, 0.717) is 17.5 Å². The standard InChI is InChI=1S/C15H21ClN2O2/c1-11(19)12-5-7-18(8-6-12)10-15(20)17-14-4-2-3-13(16)9-14/h2-4,9,11-12,19H,5-8,10H2,1H3,(H,17,20). The molecule has 1 heterocycles. The van der Waals surface area contributed by atoms with Crippen molar-refractivity contribution >= 4 is 23.2 Å². The average Bonchev–Trinajstić information content (AvgIpc) is 2.39. The second-order valence-electron chi connectivity index (χ2n) is 5.41. The van der Waals surface area contributed by atoms with E-state index in [4.69, 9.17) is 11.6 Å². The van der Waals surface area contributed by atoms with Gasteiger partial charge in [0.2, 0.25) is 5.91 Å². The number of nitrogens with one attached hydrogen (secondary N) is 1. The zero-order chi connectivity index (χ0) is 14.5. The van der Waals surface area contributed by atoms with E-state index in [2.05, 4.69) is 10.2 Å². The lowest BCUT2D eigenvalue weighted by atomic mass is 9.92. The quantitative estimate of drug-likeness (QED) is 0.897. The second-order valence-corrected chi connectivity index (χ2v) is 5.85. The molecule has 1 aliphatic heterocycles. The van der Waals surface area contributed by atoms with Crippen molar-refractivity contribution in [1.82, 2.24) is 4.90 Å². The van der Waals surface area contributed by atoms with Gasteiger partial charge in [0.05, 0.1) is 12.6 Å². The third kappa shape index (κ3) is 4.47. The summed E-state index contributed by atoms with van der Waals surface area (Å²) in [5, 5.41) is 13.0. The van der Waals surface area contributed by atoms with Gasteiger partial charge in [-0.25, -0.2) is 0 Å². The van der Waals surface area contributed by atoms with Crippen LogP contribution in [-0.2, 0) is 4.79 Å². The third-order valence-corrected chi connectivity index (χ3v) is 4.03. The number of hydrogen-bond acceptors (Lipinski definition) is 3. The molecule has 2 rings (SSSR count). The molecule has 20 heavy (non-hydrogen) atoms. The Morgan fingerprint density at radius 3 is 2.80 bits per heavy atom. The summed E-state index contributed by atoms with van der Waals surface area (Å²) in [6.45, 7) is 3.95. The molecule has 1 aromatic rings. The number of anilines is 1. The number of likely N-dealkylation sites (tertiary alicyclic amines) is 1.